The van der Waals surface area contributed by atoms with Gasteiger partial charge in [-0.25, -0.2) is 4.98 Å². The Hall–Kier alpha value is -1.44. The van der Waals surface area contributed by atoms with Crippen molar-refractivity contribution in [3.63, 3.8) is 0 Å². The lowest BCUT2D eigenvalue weighted by Gasteiger charge is -2.12. The minimum Gasteiger partial charge on any atom is -0.475 e. The van der Waals surface area contributed by atoms with Crippen LogP contribution < -0.4 is 10.1 Å². The summed E-state index contributed by atoms with van der Waals surface area (Å²) in [5.74, 6) is 1.88. The summed E-state index contributed by atoms with van der Waals surface area (Å²) in [4.78, 5) is 10.8. The summed E-state index contributed by atoms with van der Waals surface area (Å²) in [6, 6.07) is 1.80. The molecule has 1 aromatic rings. The second kappa shape index (κ2) is 10.3. The van der Waals surface area contributed by atoms with Crippen LogP contribution in [0.2, 0.25) is 0 Å². The van der Waals surface area contributed by atoms with E-state index in [9.17, 15) is 0 Å². The van der Waals surface area contributed by atoms with E-state index in [-0.39, 0.29) is 0 Å². The minimum atomic E-state index is 0.355. The number of methoxy groups -OCH3 is 2. The van der Waals surface area contributed by atoms with Crippen LogP contribution >= 0.6 is 0 Å². The molecule has 0 saturated heterocycles. The fourth-order valence-corrected chi connectivity index (χ4v) is 1.67. The standard InChI is InChI=1S/C14H26N4O3/c1-18(2)7-5-6-15-12-10-14(21-9-8-19-3)17-13(16-12)11-20-4/h10H,5-9,11H2,1-4H3,(H,15,16,17). The fourth-order valence-electron chi connectivity index (χ4n) is 1.67. The molecule has 0 fully saturated rings. The summed E-state index contributed by atoms with van der Waals surface area (Å²) in [6.45, 7) is 3.21. The fraction of sp³-hybridized carbons (Fsp3) is 0.714. The maximum Gasteiger partial charge on any atom is 0.218 e. The van der Waals surface area contributed by atoms with Gasteiger partial charge < -0.3 is 24.4 Å². The van der Waals surface area contributed by atoms with Crippen LogP contribution in [-0.4, -0.2) is 69.5 Å². The second-order valence-corrected chi connectivity index (χ2v) is 4.87. The Morgan fingerprint density at radius 3 is 2.62 bits per heavy atom. The molecule has 7 heteroatoms. The summed E-state index contributed by atoms with van der Waals surface area (Å²) in [6.07, 6.45) is 1.04. The van der Waals surface area contributed by atoms with Crippen molar-refractivity contribution in [2.45, 2.75) is 13.0 Å². The first-order valence-corrected chi connectivity index (χ1v) is 7.03. The Bertz CT molecular complexity index is 402. The SMILES string of the molecule is COCCOc1cc(NCCCN(C)C)nc(COC)n1. The summed E-state index contributed by atoms with van der Waals surface area (Å²) in [5, 5.41) is 3.29. The van der Waals surface area contributed by atoms with E-state index in [0.717, 1.165) is 25.3 Å². The Morgan fingerprint density at radius 2 is 1.95 bits per heavy atom. The predicted molar refractivity (Wildman–Crippen MR) is 81.8 cm³/mol. The molecule has 0 spiro atoms. The molecule has 0 unspecified atom stereocenters. The first-order chi connectivity index (χ1) is 10.2. The highest BCUT2D eigenvalue weighted by atomic mass is 16.5. The van der Waals surface area contributed by atoms with Crippen LogP contribution in [0.4, 0.5) is 5.82 Å². The van der Waals surface area contributed by atoms with E-state index in [2.05, 4.69) is 34.3 Å². The number of ether oxygens (including phenoxy) is 3. The second-order valence-electron chi connectivity index (χ2n) is 4.87. The molecule has 1 rings (SSSR count). The molecule has 0 bridgehead atoms. The van der Waals surface area contributed by atoms with Crippen LogP contribution in [0.15, 0.2) is 6.07 Å². The average Bonchev–Trinajstić information content (AvgIpc) is 2.44. The van der Waals surface area contributed by atoms with Gasteiger partial charge in [-0.2, -0.15) is 4.98 Å². The normalized spacial score (nSPS) is 10.9. The largest absolute Gasteiger partial charge is 0.475 e. The van der Waals surface area contributed by atoms with E-state index in [1.165, 1.54) is 0 Å². The Morgan fingerprint density at radius 1 is 1.14 bits per heavy atom. The lowest BCUT2D eigenvalue weighted by atomic mass is 10.4. The number of rotatable bonds is 11. The van der Waals surface area contributed by atoms with Crippen LogP contribution in [0.1, 0.15) is 12.2 Å². The van der Waals surface area contributed by atoms with Crippen molar-refractivity contribution in [3.8, 4) is 5.88 Å². The third-order valence-corrected chi connectivity index (χ3v) is 2.65. The van der Waals surface area contributed by atoms with E-state index < -0.39 is 0 Å². The van der Waals surface area contributed by atoms with E-state index in [0.29, 0.717) is 31.5 Å². The van der Waals surface area contributed by atoms with Crippen LogP contribution in [0.3, 0.4) is 0 Å². The molecular weight excluding hydrogens is 272 g/mol. The summed E-state index contributed by atoms with van der Waals surface area (Å²) >= 11 is 0. The number of nitrogens with one attached hydrogen (secondary N) is 1. The van der Waals surface area contributed by atoms with E-state index in [1.54, 1.807) is 20.3 Å². The highest BCUT2D eigenvalue weighted by Crippen LogP contribution is 2.14. The van der Waals surface area contributed by atoms with Crippen molar-refractivity contribution in [2.75, 3.05) is 59.9 Å². The highest BCUT2D eigenvalue weighted by Gasteiger charge is 2.06. The molecule has 0 aliphatic rings. The van der Waals surface area contributed by atoms with Crippen molar-refractivity contribution in [1.82, 2.24) is 14.9 Å². The molecule has 0 atom stereocenters. The lowest BCUT2D eigenvalue weighted by molar-refractivity contribution is 0.142. The van der Waals surface area contributed by atoms with Crippen molar-refractivity contribution < 1.29 is 14.2 Å². The van der Waals surface area contributed by atoms with E-state index in [1.807, 2.05) is 0 Å². The first-order valence-electron chi connectivity index (χ1n) is 7.03. The summed E-state index contributed by atoms with van der Waals surface area (Å²) in [7, 11) is 7.37. The lowest BCUT2D eigenvalue weighted by Crippen LogP contribution is -2.17. The van der Waals surface area contributed by atoms with Gasteiger partial charge in [-0.05, 0) is 27.1 Å². The Kier molecular flexibility index (Phi) is 8.65. The molecule has 0 saturated carbocycles. The number of aromatic nitrogens is 2. The van der Waals surface area contributed by atoms with E-state index >= 15 is 0 Å². The van der Waals surface area contributed by atoms with Gasteiger partial charge in [-0.3, -0.25) is 0 Å². The molecule has 0 radical (unpaired) electrons. The molecule has 0 aliphatic heterocycles. The molecule has 0 aliphatic carbocycles. The average molecular weight is 298 g/mol. The van der Waals surface area contributed by atoms with Gasteiger partial charge >= 0.3 is 0 Å². The van der Waals surface area contributed by atoms with Gasteiger partial charge in [-0.15, -0.1) is 0 Å². The van der Waals surface area contributed by atoms with Gasteiger partial charge in [0.05, 0.1) is 6.61 Å². The molecule has 1 heterocycles. The van der Waals surface area contributed by atoms with Crippen LogP contribution in [0.5, 0.6) is 5.88 Å². The van der Waals surface area contributed by atoms with Crippen molar-refractivity contribution in [2.24, 2.45) is 0 Å². The molecule has 7 nitrogen and oxygen atoms in total. The molecule has 0 aromatic carbocycles. The summed E-state index contributed by atoms with van der Waals surface area (Å²) in [5.41, 5.74) is 0. The Labute approximate surface area is 126 Å². The smallest absolute Gasteiger partial charge is 0.218 e. The zero-order valence-electron chi connectivity index (χ0n) is 13.4. The minimum absolute atomic E-state index is 0.355. The van der Waals surface area contributed by atoms with Crippen molar-refractivity contribution >= 4 is 5.82 Å². The van der Waals surface area contributed by atoms with Crippen molar-refractivity contribution in [1.29, 1.82) is 0 Å². The molecule has 1 N–H and O–H groups in total. The van der Waals surface area contributed by atoms with Gasteiger partial charge in [0.1, 0.15) is 19.0 Å². The zero-order valence-corrected chi connectivity index (χ0v) is 13.4. The first kappa shape index (κ1) is 17.6. The van der Waals surface area contributed by atoms with Gasteiger partial charge in [0.15, 0.2) is 5.82 Å². The van der Waals surface area contributed by atoms with Gasteiger partial charge in [0, 0.05) is 26.8 Å². The van der Waals surface area contributed by atoms with Crippen LogP contribution in [-0.2, 0) is 16.1 Å². The molecule has 21 heavy (non-hydrogen) atoms. The van der Waals surface area contributed by atoms with Gasteiger partial charge in [0.2, 0.25) is 5.88 Å². The Balaban J connectivity index is 2.58. The highest BCUT2D eigenvalue weighted by molar-refractivity contribution is 5.38. The number of nitrogens with zero attached hydrogens (tertiary/aromatic N) is 3. The number of anilines is 1. The van der Waals surface area contributed by atoms with E-state index in [4.69, 9.17) is 14.2 Å². The molecular formula is C14H26N4O3. The van der Waals surface area contributed by atoms with Crippen molar-refractivity contribution in [3.05, 3.63) is 11.9 Å². The van der Waals surface area contributed by atoms with Gasteiger partial charge in [0.25, 0.3) is 0 Å². The summed E-state index contributed by atoms with van der Waals surface area (Å²) < 4.78 is 15.6. The number of hydrogen-bond donors (Lipinski definition) is 1. The maximum absolute atomic E-state index is 5.54. The third kappa shape index (κ3) is 7.79. The molecule has 0 amide bonds. The molecule has 120 valence electrons. The molecule has 1 aromatic heterocycles. The van der Waals surface area contributed by atoms with Crippen LogP contribution in [0, 0.1) is 0 Å². The van der Waals surface area contributed by atoms with Crippen LogP contribution in [0.25, 0.3) is 0 Å². The predicted octanol–water partition coefficient (Wildman–Crippen LogP) is 1.01. The number of hydrogen-bond acceptors (Lipinski definition) is 7. The maximum atomic E-state index is 5.54. The monoisotopic (exact) mass is 298 g/mol. The quantitative estimate of drug-likeness (QED) is 0.611. The van der Waals surface area contributed by atoms with Gasteiger partial charge in [-0.1, -0.05) is 0 Å². The third-order valence-electron chi connectivity index (χ3n) is 2.65. The topological polar surface area (TPSA) is 68.7 Å². The zero-order chi connectivity index (χ0) is 15.5.